The van der Waals surface area contributed by atoms with Crippen LogP contribution in [0, 0.1) is 11.8 Å². The van der Waals surface area contributed by atoms with Crippen molar-refractivity contribution in [3.05, 3.63) is 30.0 Å². The Balaban J connectivity index is 1.87. The molecule has 2 fully saturated rings. The molecule has 0 bridgehead atoms. The van der Waals surface area contributed by atoms with Gasteiger partial charge in [0.2, 0.25) is 11.8 Å². The number of rotatable bonds is 3. The van der Waals surface area contributed by atoms with Crippen LogP contribution in [0.3, 0.4) is 0 Å². The molecule has 3 heterocycles. The van der Waals surface area contributed by atoms with Crippen LogP contribution < -0.4 is 10.1 Å². The number of ether oxygens (including phenoxy) is 2. The van der Waals surface area contributed by atoms with Crippen molar-refractivity contribution in [3.63, 3.8) is 0 Å². The Labute approximate surface area is 155 Å². The second kappa shape index (κ2) is 5.82. The summed E-state index contributed by atoms with van der Waals surface area (Å²) in [7, 11) is 4.31. The number of benzene rings is 1. The average Bonchev–Trinajstić information content (AvgIpc) is 3.30. The number of hydrogen-bond acceptors (Lipinski definition) is 6. The lowest BCUT2D eigenvalue weighted by Crippen LogP contribution is -2.53. The lowest BCUT2D eigenvalue weighted by Gasteiger charge is -2.27. The van der Waals surface area contributed by atoms with Gasteiger partial charge in [0, 0.05) is 30.2 Å². The first kappa shape index (κ1) is 17.5. The molecule has 8 nitrogen and oxygen atoms in total. The van der Waals surface area contributed by atoms with E-state index in [0.717, 1.165) is 21.4 Å². The van der Waals surface area contributed by atoms with E-state index in [9.17, 15) is 14.4 Å². The normalized spacial score (nSPS) is 30.1. The number of fused-ring (bicyclic) bond motifs is 2. The highest BCUT2D eigenvalue weighted by molar-refractivity contribution is 6.09. The van der Waals surface area contributed by atoms with Crippen molar-refractivity contribution in [1.82, 2.24) is 15.2 Å². The molecular weight excluding hydrogens is 350 g/mol. The zero-order valence-corrected chi connectivity index (χ0v) is 15.5. The molecule has 2 aliphatic heterocycles. The van der Waals surface area contributed by atoms with Crippen LogP contribution >= 0.6 is 0 Å². The molecule has 2 amide bonds. The number of imide groups is 1. The number of aromatic amines is 1. The summed E-state index contributed by atoms with van der Waals surface area (Å²) >= 11 is 0. The predicted octanol–water partition coefficient (Wildman–Crippen LogP) is 0.983. The van der Waals surface area contributed by atoms with Crippen molar-refractivity contribution < 1.29 is 23.9 Å². The number of carbonyl (C=O) groups excluding carboxylic acids is 3. The Morgan fingerprint density at radius 1 is 1.22 bits per heavy atom. The minimum atomic E-state index is -1.29. The van der Waals surface area contributed by atoms with E-state index in [1.165, 1.54) is 14.2 Å². The molecule has 0 saturated carbocycles. The Kier molecular flexibility index (Phi) is 3.78. The van der Waals surface area contributed by atoms with Crippen molar-refractivity contribution in [1.29, 1.82) is 0 Å². The van der Waals surface area contributed by atoms with Crippen LogP contribution in [-0.2, 0) is 19.1 Å². The van der Waals surface area contributed by atoms with Gasteiger partial charge in [-0.3, -0.25) is 24.6 Å². The monoisotopic (exact) mass is 371 g/mol. The van der Waals surface area contributed by atoms with E-state index in [0.29, 0.717) is 5.75 Å². The van der Waals surface area contributed by atoms with E-state index in [-0.39, 0.29) is 11.8 Å². The van der Waals surface area contributed by atoms with Crippen molar-refractivity contribution in [3.8, 4) is 5.75 Å². The number of hydrogen-bond donors (Lipinski definition) is 2. The van der Waals surface area contributed by atoms with Crippen molar-refractivity contribution >= 4 is 28.7 Å². The SMILES string of the molecule is COC(=O)[C@]1(C)N[C@H](c2c[nH]c3ccc(OC)cc23)[C@@H]2C(=O)N(C)C(=O)[C@@H]21. The largest absolute Gasteiger partial charge is 0.497 e. The van der Waals surface area contributed by atoms with E-state index in [1.807, 2.05) is 18.2 Å². The maximum absolute atomic E-state index is 12.8. The summed E-state index contributed by atoms with van der Waals surface area (Å²) in [6.45, 7) is 1.62. The second-order valence-corrected chi connectivity index (χ2v) is 7.21. The van der Waals surface area contributed by atoms with Crippen LogP contribution in [0.5, 0.6) is 5.75 Å². The summed E-state index contributed by atoms with van der Waals surface area (Å²) in [4.78, 5) is 42.4. The van der Waals surface area contributed by atoms with Crippen LogP contribution in [0.25, 0.3) is 10.9 Å². The maximum Gasteiger partial charge on any atom is 0.326 e. The van der Waals surface area contributed by atoms with Gasteiger partial charge in [-0.1, -0.05) is 0 Å². The van der Waals surface area contributed by atoms with Gasteiger partial charge in [-0.2, -0.15) is 0 Å². The molecule has 1 aromatic carbocycles. The van der Waals surface area contributed by atoms with Gasteiger partial charge in [0.05, 0.1) is 26.1 Å². The topological polar surface area (TPSA) is 101 Å². The Morgan fingerprint density at radius 2 is 1.96 bits per heavy atom. The number of H-pyrrole nitrogens is 1. The van der Waals surface area contributed by atoms with Gasteiger partial charge in [-0.15, -0.1) is 0 Å². The number of methoxy groups -OCH3 is 2. The number of carbonyl (C=O) groups is 3. The first-order valence-corrected chi connectivity index (χ1v) is 8.66. The van der Waals surface area contributed by atoms with Gasteiger partial charge in [0.25, 0.3) is 0 Å². The van der Waals surface area contributed by atoms with Crippen LogP contribution in [0.15, 0.2) is 24.4 Å². The van der Waals surface area contributed by atoms with E-state index < -0.39 is 29.4 Å². The highest BCUT2D eigenvalue weighted by Crippen LogP contribution is 2.49. The van der Waals surface area contributed by atoms with Crippen LogP contribution in [0.1, 0.15) is 18.5 Å². The first-order valence-electron chi connectivity index (χ1n) is 8.66. The molecule has 1 aromatic heterocycles. The quantitative estimate of drug-likeness (QED) is 0.616. The van der Waals surface area contributed by atoms with Crippen LogP contribution in [-0.4, -0.2) is 54.5 Å². The van der Waals surface area contributed by atoms with E-state index >= 15 is 0 Å². The number of aromatic nitrogens is 1. The minimum Gasteiger partial charge on any atom is -0.497 e. The van der Waals surface area contributed by atoms with Gasteiger partial charge in [-0.25, -0.2) is 0 Å². The van der Waals surface area contributed by atoms with Crippen molar-refractivity contribution in [2.24, 2.45) is 11.8 Å². The Hall–Kier alpha value is -2.87. The fourth-order valence-corrected chi connectivity index (χ4v) is 4.46. The van der Waals surface area contributed by atoms with Gasteiger partial charge in [0.1, 0.15) is 11.3 Å². The number of nitrogens with zero attached hydrogens (tertiary/aromatic N) is 1. The van der Waals surface area contributed by atoms with Crippen LogP contribution in [0.4, 0.5) is 0 Å². The Morgan fingerprint density at radius 3 is 2.63 bits per heavy atom. The minimum absolute atomic E-state index is 0.299. The van der Waals surface area contributed by atoms with Gasteiger partial charge >= 0.3 is 5.97 Å². The summed E-state index contributed by atoms with van der Waals surface area (Å²) in [5.74, 6) is -2.05. The summed E-state index contributed by atoms with van der Waals surface area (Å²) < 4.78 is 10.3. The molecule has 4 rings (SSSR count). The first-order chi connectivity index (χ1) is 12.8. The molecule has 142 valence electrons. The highest BCUT2D eigenvalue weighted by Gasteiger charge is 2.66. The number of esters is 1. The number of likely N-dealkylation sites (tertiary alicyclic amines) is 1. The average molecular weight is 371 g/mol. The van der Waals surface area contributed by atoms with E-state index in [4.69, 9.17) is 9.47 Å². The van der Waals surface area contributed by atoms with E-state index in [1.54, 1.807) is 20.2 Å². The lowest BCUT2D eigenvalue weighted by atomic mass is 9.80. The third-order valence-corrected chi connectivity index (χ3v) is 5.87. The van der Waals surface area contributed by atoms with Gasteiger partial charge < -0.3 is 14.5 Å². The number of nitrogens with one attached hydrogen (secondary N) is 2. The van der Waals surface area contributed by atoms with Gasteiger partial charge in [-0.05, 0) is 30.7 Å². The molecule has 8 heteroatoms. The summed E-state index contributed by atoms with van der Waals surface area (Å²) in [6.07, 6.45) is 1.80. The molecule has 2 saturated heterocycles. The molecule has 2 N–H and O–H groups in total. The zero-order valence-electron chi connectivity index (χ0n) is 15.5. The van der Waals surface area contributed by atoms with E-state index in [2.05, 4.69) is 10.3 Å². The third-order valence-electron chi connectivity index (χ3n) is 5.87. The summed E-state index contributed by atoms with van der Waals surface area (Å²) in [6, 6.07) is 5.08. The third kappa shape index (κ3) is 2.22. The second-order valence-electron chi connectivity index (χ2n) is 7.21. The highest BCUT2D eigenvalue weighted by atomic mass is 16.5. The summed E-state index contributed by atoms with van der Waals surface area (Å²) in [5, 5.41) is 4.10. The molecule has 2 aromatic rings. The molecule has 0 spiro atoms. The Bertz CT molecular complexity index is 967. The molecule has 4 atom stereocenters. The van der Waals surface area contributed by atoms with Crippen molar-refractivity contribution in [2.75, 3.05) is 21.3 Å². The maximum atomic E-state index is 12.8. The van der Waals surface area contributed by atoms with Crippen molar-refractivity contribution in [2.45, 2.75) is 18.5 Å². The fraction of sp³-hybridized carbons (Fsp3) is 0.421. The molecule has 0 aliphatic carbocycles. The molecule has 27 heavy (non-hydrogen) atoms. The number of amides is 2. The fourth-order valence-electron chi connectivity index (χ4n) is 4.46. The summed E-state index contributed by atoms with van der Waals surface area (Å²) in [5.41, 5.74) is 0.397. The predicted molar refractivity (Wildman–Crippen MR) is 95.9 cm³/mol. The lowest BCUT2D eigenvalue weighted by molar-refractivity contribution is -0.152. The van der Waals surface area contributed by atoms with Crippen LogP contribution in [0.2, 0.25) is 0 Å². The molecule has 0 radical (unpaired) electrons. The standard InChI is InChI=1S/C19H21N3O5/c1-19(18(25)27-4)14-13(16(23)22(2)17(14)24)15(21-19)11-8-20-12-6-5-9(26-3)7-10(11)12/h5-8,13-15,20-21H,1-4H3/t13-,14-,15-,19-/m1/s1. The molecule has 0 unspecified atom stereocenters. The zero-order chi connectivity index (χ0) is 19.5. The smallest absolute Gasteiger partial charge is 0.326 e. The molecule has 2 aliphatic rings. The molecular formula is C19H21N3O5. The van der Waals surface area contributed by atoms with Gasteiger partial charge in [0.15, 0.2) is 0 Å².